The number of esters is 1. The first kappa shape index (κ1) is 19.7. The second-order valence-electron chi connectivity index (χ2n) is 5.41. The number of carbonyl (C=O) groups is 1. The van der Waals surface area contributed by atoms with Crippen LogP contribution in [0, 0.1) is 5.92 Å². The number of alkyl halides is 4. The van der Waals surface area contributed by atoms with Gasteiger partial charge in [0, 0.05) is 6.08 Å². The van der Waals surface area contributed by atoms with Gasteiger partial charge in [0.2, 0.25) is 0 Å². The maximum atomic E-state index is 12.8. The van der Waals surface area contributed by atoms with Crippen LogP contribution in [0.2, 0.25) is 0 Å². The summed E-state index contributed by atoms with van der Waals surface area (Å²) in [6, 6.07) is 0. The van der Waals surface area contributed by atoms with Gasteiger partial charge in [-0.2, -0.15) is 8.78 Å². The second-order valence-corrected chi connectivity index (χ2v) is 5.41. The highest BCUT2D eigenvalue weighted by molar-refractivity contribution is 5.82. The molecule has 0 amide bonds. The van der Waals surface area contributed by atoms with Crippen LogP contribution < -0.4 is 0 Å². The monoisotopic (exact) mass is 338 g/mol. The third-order valence-electron chi connectivity index (χ3n) is 3.56. The van der Waals surface area contributed by atoms with Crippen molar-refractivity contribution in [2.75, 3.05) is 13.2 Å². The molecule has 1 rings (SSSR count). The molecule has 1 aliphatic carbocycles. The highest BCUT2D eigenvalue weighted by Crippen LogP contribution is 2.29. The Bertz CT molecular complexity index is 414. The van der Waals surface area contributed by atoms with E-state index in [4.69, 9.17) is 9.47 Å². The first-order chi connectivity index (χ1) is 10.8. The van der Waals surface area contributed by atoms with E-state index < -0.39 is 31.0 Å². The molecule has 7 heteroatoms. The fourth-order valence-electron chi connectivity index (χ4n) is 2.29. The third kappa shape index (κ3) is 7.63. The third-order valence-corrected chi connectivity index (χ3v) is 3.56. The van der Waals surface area contributed by atoms with E-state index in [9.17, 15) is 22.4 Å². The number of hydrogen-bond acceptors (Lipinski definition) is 3. The zero-order chi connectivity index (χ0) is 17.3. The van der Waals surface area contributed by atoms with Crippen LogP contribution in [0.4, 0.5) is 17.6 Å². The molecule has 1 aliphatic rings. The predicted molar refractivity (Wildman–Crippen MR) is 77.6 cm³/mol. The van der Waals surface area contributed by atoms with Gasteiger partial charge in [-0.3, -0.25) is 0 Å². The molecule has 0 spiro atoms. The molecular formula is C16H22F4O3. The van der Waals surface area contributed by atoms with Crippen LogP contribution in [-0.4, -0.2) is 37.6 Å². The molecule has 3 nitrogen and oxygen atoms in total. The maximum absolute atomic E-state index is 12.8. The Labute approximate surface area is 133 Å². The summed E-state index contributed by atoms with van der Waals surface area (Å²) in [7, 11) is 0. The molecule has 0 aromatic carbocycles. The average molecular weight is 338 g/mol. The molecule has 0 bridgehead atoms. The lowest BCUT2D eigenvalue weighted by molar-refractivity contribution is -0.178. The summed E-state index contributed by atoms with van der Waals surface area (Å²) in [5.74, 6) is -4.24. The normalized spacial score (nSPS) is 23.0. The Morgan fingerprint density at radius 1 is 1.22 bits per heavy atom. The Morgan fingerprint density at radius 3 is 2.43 bits per heavy atom. The number of allylic oxidation sites excluding steroid dienone is 3. The molecule has 0 aromatic rings. The first-order valence-corrected chi connectivity index (χ1v) is 7.64. The first-order valence-electron chi connectivity index (χ1n) is 7.64. The van der Waals surface area contributed by atoms with Crippen molar-refractivity contribution in [2.45, 2.75) is 51.1 Å². The van der Waals surface area contributed by atoms with Crippen molar-refractivity contribution in [1.29, 1.82) is 0 Å². The molecule has 0 saturated heterocycles. The summed E-state index contributed by atoms with van der Waals surface area (Å²) < 4.78 is 59.2. The molecular weight excluding hydrogens is 316 g/mol. The van der Waals surface area contributed by atoms with Crippen molar-refractivity contribution in [1.82, 2.24) is 0 Å². The topological polar surface area (TPSA) is 35.5 Å². The highest BCUT2D eigenvalue weighted by Gasteiger charge is 2.41. The van der Waals surface area contributed by atoms with E-state index in [-0.39, 0.29) is 5.92 Å². The fraction of sp³-hybridized carbons (Fsp3) is 0.688. The number of rotatable bonds is 8. The SMILES string of the molecule is CCOC(=O)/C=C/C=C/C1CCC(OCC(F)(F)C(F)F)CC1. The summed E-state index contributed by atoms with van der Waals surface area (Å²) >= 11 is 0. The van der Waals surface area contributed by atoms with Gasteiger partial charge < -0.3 is 9.47 Å². The standard InChI is InChI=1S/C16H22F4O3/c1-2-22-14(21)6-4-3-5-12-7-9-13(10-8-12)23-11-16(19,20)15(17)18/h3-6,12-13,15H,2,7-11H2,1H3/b5-3+,6-4+. The fourth-order valence-corrected chi connectivity index (χ4v) is 2.29. The van der Waals surface area contributed by atoms with Crippen molar-refractivity contribution in [3.05, 3.63) is 24.3 Å². The molecule has 0 unspecified atom stereocenters. The minimum absolute atomic E-state index is 0.261. The van der Waals surface area contributed by atoms with Crippen molar-refractivity contribution in [3.63, 3.8) is 0 Å². The Hall–Kier alpha value is -1.37. The zero-order valence-electron chi connectivity index (χ0n) is 13.0. The van der Waals surface area contributed by atoms with E-state index in [2.05, 4.69) is 0 Å². The number of hydrogen-bond donors (Lipinski definition) is 0. The molecule has 0 atom stereocenters. The van der Waals surface area contributed by atoms with Crippen LogP contribution in [0.3, 0.4) is 0 Å². The van der Waals surface area contributed by atoms with E-state index in [1.807, 2.05) is 6.08 Å². The summed E-state index contributed by atoms with van der Waals surface area (Å²) in [6.45, 7) is 0.804. The molecule has 0 aromatic heterocycles. The van der Waals surface area contributed by atoms with Crippen molar-refractivity contribution < 1.29 is 31.8 Å². The smallest absolute Gasteiger partial charge is 0.330 e. The minimum Gasteiger partial charge on any atom is -0.463 e. The molecule has 0 N–H and O–H groups in total. The number of halogens is 4. The van der Waals surface area contributed by atoms with Crippen LogP contribution in [0.1, 0.15) is 32.6 Å². The van der Waals surface area contributed by atoms with Crippen LogP contribution in [-0.2, 0) is 14.3 Å². The zero-order valence-corrected chi connectivity index (χ0v) is 13.0. The van der Waals surface area contributed by atoms with Gasteiger partial charge in [-0.25, -0.2) is 13.6 Å². The molecule has 132 valence electrons. The Balaban J connectivity index is 2.26. The highest BCUT2D eigenvalue weighted by atomic mass is 19.3. The van der Waals surface area contributed by atoms with Crippen molar-refractivity contribution in [3.8, 4) is 0 Å². The van der Waals surface area contributed by atoms with Crippen molar-refractivity contribution >= 4 is 5.97 Å². The number of ether oxygens (including phenoxy) is 2. The molecule has 0 aliphatic heterocycles. The van der Waals surface area contributed by atoms with Gasteiger partial charge >= 0.3 is 18.3 Å². The summed E-state index contributed by atoms with van der Waals surface area (Å²) in [6.07, 6.45) is 5.04. The lowest BCUT2D eigenvalue weighted by atomic mass is 9.87. The average Bonchev–Trinajstić information content (AvgIpc) is 2.51. The van der Waals surface area contributed by atoms with Crippen LogP contribution in [0.25, 0.3) is 0 Å². The maximum Gasteiger partial charge on any atom is 0.330 e. The van der Waals surface area contributed by atoms with Crippen LogP contribution >= 0.6 is 0 Å². The summed E-state index contributed by atoms with van der Waals surface area (Å²) in [4.78, 5) is 11.1. The molecule has 23 heavy (non-hydrogen) atoms. The Morgan fingerprint density at radius 2 is 1.87 bits per heavy atom. The molecule has 0 heterocycles. The van der Waals surface area contributed by atoms with Gasteiger partial charge in [0.25, 0.3) is 0 Å². The predicted octanol–water partition coefficient (Wildman–Crippen LogP) is 4.14. The van der Waals surface area contributed by atoms with Gasteiger partial charge in [-0.15, -0.1) is 0 Å². The summed E-state index contributed by atoms with van der Waals surface area (Å²) in [5, 5.41) is 0. The molecule has 0 radical (unpaired) electrons. The second kappa shape index (κ2) is 9.70. The molecule has 1 saturated carbocycles. The number of carbonyl (C=O) groups excluding carboxylic acids is 1. The van der Waals surface area contributed by atoms with E-state index in [0.29, 0.717) is 19.4 Å². The van der Waals surface area contributed by atoms with Gasteiger partial charge in [0.1, 0.15) is 6.61 Å². The lowest BCUT2D eigenvalue weighted by Gasteiger charge is -2.28. The van der Waals surface area contributed by atoms with E-state index >= 15 is 0 Å². The van der Waals surface area contributed by atoms with Gasteiger partial charge in [-0.05, 0) is 38.5 Å². The van der Waals surface area contributed by atoms with Gasteiger partial charge in [0.15, 0.2) is 0 Å². The molecule has 1 fully saturated rings. The van der Waals surface area contributed by atoms with E-state index in [1.165, 1.54) is 6.08 Å². The van der Waals surface area contributed by atoms with Crippen LogP contribution in [0.15, 0.2) is 24.3 Å². The Kier molecular flexibility index (Phi) is 8.30. The van der Waals surface area contributed by atoms with Crippen molar-refractivity contribution in [2.24, 2.45) is 5.92 Å². The minimum atomic E-state index is -4.09. The van der Waals surface area contributed by atoms with E-state index in [1.54, 1.807) is 19.1 Å². The summed E-state index contributed by atoms with van der Waals surface area (Å²) in [5.41, 5.74) is 0. The van der Waals surface area contributed by atoms with Gasteiger partial charge in [0.05, 0.1) is 12.7 Å². The lowest BCUT2D eigenvalue weighted by Crippen LogP contribution is -2.35. The quantitative estimate of drug-likeness (QED) is 0.289. The van der Waals surface area contributed by atoms with Crippen LogP contribution in [0.5, 0.6) is 0 Å². The largest absolute Gasteiger partial charge is 0.463 e. The van der Waals surface area contributed by atoms with E-state index in [0.717, 1.165) is 12.8 Å². The van der Waals surface area contributed by atoms with Gasteiger partial charge in [-0.1, -0.05) is 18.2 Å².